The highest BCUT2D eigenvalue weighted by atomic mass is 35.5. The fourth-order valence-electron chi connectivity index (χ4n) is 1.66. The van der Waals surface area contributed by atoms with Gasteiger partial charge in [0.25, 0.3) is 0 Å². The van der Waals surface area contributed by atoms with Gasteiger partial charge in [0.1, 0.15) is 11.5 Å². The van der Waals surface area contributed by atoms with Gasteiger partial charge in [-0.05, 0) is 41.5 Å². The van der Waals surface area contributed by atoms with Crippen LogP contribution >= 0.6 is 23.2 Å². The fourth-order valence-corrected chi connectivity index (χ4v) is 2.19. The van der Waals surface area contributed by atoms with Crippen molar-refractivity contribution >= 4 is 23.2 Å². The molecule has 0 spiro atoms. The van der Waals surface area contributed by atoms with Crippen molar-refractivity contribution < 1.29 is 23.0 Å². The van der Waals surface area contributed by atoms with Crippen LogP contribution in [0.25, 0.3) is 11.1 Å². The number of aromatic hydroxyl groups is 1. The third-order valence-electron chi connectivity index (χ3n) is 2.32. The molecular weight excluding hydrogens is 316 g/mol. The SMILES string of the molecule is Oc1cc(OC(F)(F)F)cc(-c2cc(Cl)cc(Cl)c2)c1. The van der Waals surface area contributed by atoms with E-state index in [1.807, 2.05) is 0 Å². The summed E-state index contributed by atoms with van der Waals surface area (Å²) in [7, 11) is 0. The Labute approximate surface area is 122 Å². The fraction of sp³-hybridized carbons (Fsp3) is 0.0769. The van der Waals surface area contributed by atoms with E-state index in [4.69, 9.17) is 23.2 Å². The van der Waals surface area contributed by atoms with Gasteiger partial charge in [-0.25, -0.2) is 0 Å². The van der Waals surface area contributed by atoms with Crippen LogP contribution < -0.4 is 4.74 Å². The van der Waals surface area contributed by atoms with E-state index in [0.29, 0.717) is 21.2 Å². The van der Waals surface area contributed by atoms with E-state index in [1.54, 1.807) is 0 Å². The molecule has 20 heavy (non-hydrogen) atoms. The van der Waals surface area contributed by atoms with Crippen LogP contribution in [0.15, 0.2) is 36.4 Å². The third-order valence-corrected chi connectivity index (χ3v) is 2.76. The van der Waals surface area contributed by atoms with Crippen LogP contribution in [0.2, 0.25) is 10.0 Å². The number of phenolic OH excluding ortho intramolecular Hbond substituents is 1. The molecule has 2 nitrogen and oxygen atoms in total. The van der Waals surface area contributed by atoms with Gasteiger partial charge >= 0.3 is 6.36 Å². The van der Waals surface area contributed by atoms with Gasteiger partial charge in [0.2, 0.25) is 0 Å². The highest BCUT2D eigenvalue weighted by Crippen LogP contribution is 2.34. The number of hydrogen-bond acceptors (Lipinski definition) is 2. The summed E-state index contributed by atoms with van der Waals surface area (Å²) in [5.41, 5.74) is 0.763. The summed E-state index contributed by atoms with van der Waals surface area (Å²) >= 11 is 11.7. The molecule has 2 aromatic rings. The third kappa shape index (κ3) is 3.95. The Hall–Kier alpha value is -1.59. The molecule has 1 N–H and O–H groups in total. The second kappa shape index (κ2) is 5.42. The normalized spacial score (nSPS) is 11.4. The van der Waals surface area contributed by atoms with Gasteiger partial charge in [-0.3, -0.25) is 0 Å². The van der Waals surface area contributed by atoms with Gasteiger partial charge in [-0.1, -0.05) is 23.2 Å². The second-order valence-electron chi connectivity index (χ2n) is 3.92. The van der Waals surface area contributed by atoms with Crippen molar-refractivity contribution in [3.05, 3.63) is 46.4 Å². The van der Waals surface area contributed by atoms with Gasteiger partial charge in [-0.15, -0.1) is 13.2 Å². The standard InChI is InChI=1S/C13H7Cl2F3O2/c14-9-1-7(2-10(15)5-9)8-3-11(19)6-12(4-8)20-13(16,17)18/h1-6,19H. The topological polar surface area (TPSA) is 29.5 Å². The predicted molar refractivity (Wildman–Crippen MR) is 70.2 cm³/mol. The van der Waals surface area contributed by atoms with Crippen LogP contribution in [0.5, 0.6) is 11.5 Å². The van der Waals surface area contributed by atoms with Gasteiger partial charge in [0.15, 0.2) is 0 Å². The molecular formula is C13H7Cl2F3O2. The monoisotopic (exact) mass is 322 g/mol. The van der Waals surface area contributed by atoms with Crippen molar-refractivity contribution in [1.82, 2.24) is 0 Å². The number of benzene rings is 2. The molecule has 0 amide bonds. The minimum atomic E-state index is -4.84. The molecule has 0 aliphatic heterocycles. The lowest BCUT2D eigenvalue weighted by molar-refractivity contribution is -0.274. The number of ether oxygens (including phenoxy) is 1. The molecule has 7 heteroatoms. The summed E-state index contributed by atoms with van der Waals surface area (Å²) in [6.45, 7) is 0. The van der Waals surface area contributed by atoms with Gasteiger partial charge in [-0.2, -0.15) is 0 Å². The summed E-state index contributed by atoms with van der Waals surface area (Å²) in [6.07, 6.45) is -4.84. The number of alkyl halides is 3. The van der Waals surface area contributed by atoms with E-state index in [2.05, 4.69) is 4.74 Å². The van der Waals surface area contributed by atoms with Crippen molar-refractivity contribution in [2.75, 3.05) is 0 Å². The Bertz CT molecular complexity index is 622. The van der Waals surface area contributed by atoms with E-state index >= 15 is 0 Å². The Morgan fingerprint density at radius 2 is 1.40 bits per heavy atom. The lowest BCUT2D eigenvalue weighted by Gasteiger charge is -2.11. The number of hydrogen-bond donors (Lipinski definition) is 1. The molecule has 0 radical (unpaired) electrons. The molecule has 0 saturated heterocycles. The van der Waals surface area contributed by atoms with Gasteiger partial charge < -0.3 is 9.84 Å². The molecule has 0 aromatic heterocycles. The van der Waals surface area contributed by atoms with Crippen LogP contribution in [0, 0.1) is 0 Å². The summed E-state index contributed by atoms with van der Waals surface area (Å²) < 4.78 is 40.3. The second-order valence-corrected chi connectivity index (χ2v) is 4.79. The van der Waals surface area contributed by atoms with E-state index in [-0.39, 0.29) is 5.75 Å². The maximum Gasteiger partial charge on any atom is 0.573 e. The molecule has 2 rings (SSSR count). The Morgan fingerprint density at radius 1 is 0.850 bits per heavy atom. The molecule has 0 heterocycles. The van der Waals surface area contributed by atoms with E-state index < -0.39 is 12.1 Å². The molecule has 0 fully saturated rings. The molecule has 0 unspecified atom stereocenters. The van der Waals surface area contributed by atoms with Crippen molar-refractivity contribution in [1.29, 1.82) is 0 Å². The van der Waals surface area contributed by atoms with Crippen molar-refractivity contribution in [3.8, 4) is 22.6 Å². The highest BCUT2D eigenvalue weighted by molar-refractivity contribution is 6.35. The highest BCUT2D eigenvalue weighted by Gasteiger charge is 2.31. The maximum absolute atomic E-state index is 12.2. The van der Waals surface area contributed by atoms with E-state index in [9.17, 15) is 18.3 Å². The van der Waals surface area contributed by atoms with Crippen molar-refractivity contribution in [2.45, 2.75) is 6.36 Å². The number of halogens is 5. The molecule has 2 aromatic carbocycles. The maximum atomic E-state index is 12.2. The van der Waals surface area contributed by atoms with Crippen LogP contribution in [0.4, 0.5) is 13.2 Å². The largest absolute Gasteiger partial charge is 0.573 e. The van der Waals surface area contributed by atoms with Crippen molar-refractivity contribution in [3.63, 3.8) is 0 Å². The lowest BCUT2D eigenvalue weighted by atomic mass is 10.1. The zero-order valence-electron chi connectivity index (χ0n) is 9.71. The quantitative estimate of drug-likeness (QED) is 0.816. The predicted octanol–water partition coefficient (Wildman–Crippen LogP) is 5.26. The average Bonchev–Trinajstić information content (AvgIpc) is 2.24. The van der Waals surface area contributed by atoms with Gasteiger partial charge in [0.05, 0.1) is 0 Å². The smallest absolute Gasteiger partial charge is 0.508 e. The van der Waals surface area contributed by atoms with Crippen LogP contribution in [0.3, 0.4) is 0 Å². The van der Waals surface area contributed by atoms with Crippen LogP contribution in [0.1, 0.15) is 0 Å². The van der Waals surface area contributed by atoms with Crippen LogP contribution in [-0.4, -0.2) is 11.5 Å². The number of phenols is 1. The minimum Gasteiger partial charge on any atom is -0.508 e. The first-order valence-electron chi connectivity index (χ1n) is 5.29. The Morgan fingerprint density at radius 3 is 1.95 bits per heavy atom. The summed E-state index contributed by atoms with van der Waals surface area (Å²) in [5, 5.41) is 10.1. The number of rotatable bonds is 2. The van der Waals surface area contributed by atoms with Crippen LogP contribution in [-0.2, 0) is 0 Å². The summed E-state index contributed by atoms with van der Waals surface area (Å²) in [5.74, 6) is -0.888. The van der Waals surface area contributed by atoms with Crippen molar-refractivity contribution in [2.24, 2.45) is 0 Å². The zero-order chi connectivity index (χ0) is 14.9. The molecule has 0 aliphatic rings. The Kier molecular flexibility index (Phi) is 4.01. The first-order valence-corrected chi connectivity index (χ1v) is 6.05. The average molecular weight is 323 g/mol. The summed E-state index contributed by atoms with van der Waals surface area (Å²) in [4.78, 5) is 0. The molecule has 0 saturated carbocycles. The first-order chi connectivity index (χ1) is 9.23. The zero-order valence-corrected chi connectivity index (χ0v) is 11.2. The molecule has 0 aliphatic carbocycles. The Balaban J connectivity index is 2.46. The van der Waals surface area contributed by atoms with E-state index in [1.165, 1.54) is 24.3 Å². The molecule has 0 bridgehead atoms. The molecule has 106 valence electrons. The van der Waals surface area contributed by atoms with E-state index in [0.717, 1.165) is 12.1 Å². The van der Waals surface area contributed by atoms with Gasteiger partial charge in [0, 0.05) is 16.1 Å². The minimum absolute atomic E-state index is 0.300. The first kappa shape index (κ1) is 14.8. The lowest BCUT2D eigenvalue weighted by Crippen LogP contribution is -2.17. The summed E-state index contributed by atoms with van der Waals surface area (Å²) in [6, 6.07) is 7.80. The molecule has 0 atom stereocenters.